The number of carbonyl (C=O) groups excluding carboxylic acids is 1. The molecule has 4 rings (SSSR count). The van der Waals surface area contributed by atoms with Gasteiger partial charge in [-0.15, -0.1) is 0 Å². The Balaban J connectivity index is 1.16. The molecule has 7 nitrogen and oxygen atoms in total. The lowest BCUT2D eigenvalue weighted by Crippen LogP contribution is -2.35. The van der Waals surface area contributed by atoms with Gasteiger partial charge in [0, 0.05) is 43.7 Å². The van der Waals surface area contributed by atoms with Crippen molar-refractivity contribution in [2.75, 3.05) is 31.7 Å². The number of aromatic nitrogens is 2. The number of esters is 1. The molecule has 2 aliphatic rings. The van der Waals surface area contributed by atoms with Crippen LogP contribution in [0.25, 0.3) is 0 Å². The first-order valence-corrected chi connectivity index (χ1v) is 12.8. The number of hydrogen-bond donors (Lipinski definition) is 0. The molecule has 2 aromatic rings. The monoisotopic (exact) mass is 499 g/mol. The minimum Gasteiger partial charge on any atom is -0.460 e. The second kappa shape index (κ2) is 11.6. The quantitative estimate of drug-likeness (QED) is 0.438. The highest BCUT2D eigenvalue weighted by molar-refractivity contribution is 5.73. The SMILES string of the molecule is COCc1cnc(N2CCC([C@H]3C[C@H]3COCc3ccc(CC(=O)OC(C)(C)C)cc3F)CC2)nc1. The fourth-order valence-electron chi connectivity index (χ4n) is 5.00. The smallest absolute Gasteiger partial charge is 0.310 e. The molecule has 8 heteroatoms. The van der Waals surface area contributed by atoms with Gasteiger partial charge in [-0.1, -0.05) is 12.1 Å². The van der Waals surface area contributed by atoms with E-state index in [0.717, 1.165) is 37.4 Å². The molecule has 2 fully saturated rings. The van der Waals surface area contributed by atoms with Gasteiger partial charge in [-0.3, -0.25) is 4.79 Å². The van der Waals surface area contributed by atoms with Crippen LogP contribution in [-0.4, -0.2) is 48.3 Å². The van der Waals surface area contributed by atoms with Crippen molar-refractivity contribution in [1.29, 1.82) is 0 Å². The van der Waals surface area contributed by atoms with Crippen LogP contribution in [0, 0.1) is 23.6 Å². The van der Waals surface area contributed by atoms with E-state index >= 15 is 0 Å². The summed E-state index contributed by atoms with van der Waals surface area (Å²) >= 11 is 0. The van der Waals surface area contributed by atoms with Crippen LogP contribution in [0.3, 0.4) is 0 Å². The van der Waals surface area contributed by atoms with Gasteiger partial charge >= 0.3 is 5.97 Å². The number of nitrogens with zero attached hydrogens (tertiary/aromatic N) is 3. The number of hydrogen-bond acceptors (Lipinski definition) is 7. The molecule has 36 heavy (non-hydrogen) atoms. The maximum atomic E-state index is 14.5. The van der Waals surface area contributed by atoms with Crippen LogP contribution in [0.2, 0.25) is 0 Å². The molecule has 0 spiro atoms. The maximum absolute atomic E-state index is 14.5. The molecule has 1 saturated carbocycles. The standard InChI is InChI=1S/C28H38FN3O4/c1-28(2,3)36-26(33)12-19-5-6-22(25(29)11-19)17-35-18-23-13-24(23)21-7-9-32(10-8-21)27-30-14-20(15-31-27)16-34-4/h5-6,11,14-15,21,23-24H,7-10,12-13,16-18H2,1-4H3/t23-,24+/m0/s1. The second-order valence-corrected chi connectivity index (χ2v) is 11.0. The molecule has 1 aliphatic heterocycles. The molecule has 1 aromatic heterocycles. The summed E-state index contributed by atoms with van der Waals surface area (Å²) in [4.78, 5) is 23.2. The van der Waals surface area contributed by atoms with Gasteiger partial charge in [-0.05, 0) is 69.4 Å². The number of benzene rings is 1. The van der Waals surface area contributed by atoms with E-state index in [0.29, 0.717) is 42.1 Å². The Morgan fingerprint density at radius 3 is 2.47 bits per heavy atom. The Morgan fingerprint density at radius 1 is 1.11 bits per heavy atom. The molecule has 0 N–H and O–H groups in total. The van der Waals surface area contributed by atoms with Crippen molar-refractivity contribution >= 4 is 11.9 Å². The van der Waals surface area contributed by atoms with E-state index in [4.69, 9.17) is 14.2 Å². The number of carbonyl (C=O) groups is 1. The normalized spacial score (nSPS) is 20.4. The number of methoxy groups -OCH3 is 1. The van der Waals surface area contributed by atoms with E-state index in [1.165, 1.54) is 12.5 Å². The van der Waals surface area contributed by atoms with Crippen LogP contribution in [0.15, 0.2) is 30.6 Å². The van der Waals surface area contributed by atoms with E-state index < -0.39 is 5.60 Å². The highest BCUT2D eigenvalue weighted by Gasteiger charge is 2.43. The Hall–Kier alpha value is -2.58. The summed E-state index contributed by atoms with van der Waals surface area (Å²) in [7, 11) is 1.67. The molecule has 2 heterocycles. The van der Waals surface area contributed by atoms with Crippen molar-refractivity contribution in [3.8, 4) is 0 Å². The third-order valence-corrected chi connectivity index (χ3v) is 6.88. The van der Waals surface area contributed by atoms with Crippen molar-refractivity contribution in [3.63, 3.8) is 0 Å². The Morgan fingerprint density at radius 2 is 1.83 bits per heavy atom. The van der Waals surface area contributed by atoms with E-state index in [-0.39, 0.29) is 24.8 Å². The number of anilines is 1. The Kier molecular flexibility index (Phi) is 8.57. The predicted molar refractivity (Wildman–Crippen MR) is 135 cm³/mol. The Labute approximate surface area is 213 Å². The molecular weight excluding hydrogens is 461 g/mol. The first-order valence-electron chi connectivity index (χ1n) is 12.8. The van der Waals surface area contributed by atoms with Crippen molar-refractivity contribution < 1.29 is 23.4 Å². The van der Waals surface area contributed by atoms with Gasteiger partial charge in [-0.25, -0.2) is 14.4 Å². The number of piperidine rings is 1. The van der Waals surface area contributed by atoms with Crippen molar-refractivity contribution in [1.82, 2.24) is 9.97 Å². The maximum Gasteiger partial charge on any atom is 0.310 e. The number of rotatable bonds is 10. The molecule has 0 bridgehead atoms. The summed E-state index contributed by atoms with van der Waals surface area (Å²) in [5.41, 5.74) is 1.56. The fraction of sp³-hybridized carbons (Fsp3) is 0.607. The molecule has 0 unspecified atom stereocenters. The largest absolute Gasteiger partial charge is 0.460 e. The summed E-state index contributed by atoms with van der Waals surface area (Å²) in [6.07, 6.45) is 7.19. The average molecular weight is 500 g/mol. The number of ether oxygens (including phenoxy) is 3. The van der Waals surface area contributed by atoms with E-state index in [1.807, 2.05) is 33.2 Å². The highest BCUT2D eigenvalue weighted by Crippen LogP contribution is 2.48. The third kappa shape index (κ3) is 7.46. The number of halogens is 1. The van der Waals surface area contributed by atoms with E-state index in [2.05, 4.69) is 14.9 Å². The third-order valence-electron chi connectivity index (χ3n) is 6.88. The molecule has 2 atom stereocenters. The molecular formula is C28H38FN3O4. The van der Waals surface area contributed by atoms with Crippen LogP contribution in [-0.2, 0) is 38.6 Å². The summed E-state index contributed by atoms with van der Waals surface area (Å²) < 4.78 is 30.8. The molecule has 1 aliphatic carbocycles. The van der Waals surface area contributed by atoms with Crippen molar-refractivity contribution in [2.24, 2.45) is 17.8 Å². The van der Waals surface area contributed by atoms with Crippen molar-refractivity contribution in [2.45, 2.75) is 65.3 Å². The predicted octanol–water partition coefficient (Wildman–Crippen LogP) is 4.72. The zero-order valence-electron chi connectivity index (χ0n) is 21.8. The lowest BCUT2D eigenvalue weighted by Gasteiger charge is -2.32. The van der Waals surface area contributed by atoms with E-state index in [1.54, 1.807) is 19.2 Å². The summed E-state index contributed by atoms with van der Waals surface area (Å²) in [5.74, 6) is 2.05. The summed E-state index contributed by atoms with van der Waals surface area (Å²) in [6, 6.07) is 4.89. The van der Waals surface area contributed by atoms with Crippen LogP contribution in [0.1, 0.15) is 56.7 Å². The van der Waals surface area contributed by atoms with Crippen molar-refractivity contribution in [3.05, 3.63) is 53.1 Å². The van der Waals surface area contributed by atoms with E-state index in [9.17, 15) is 9.18 Å². The van der Waals surface area contributed by atoms with Gasteiger partial charge in [0.05, 0.1) is 26.2 Å². The van der Waals surface area contributed by atoms with Gasteiger partial charge in [0.1, 0.15) is 11.4 Å². The molecule has 0 amide bonds. The van der Waals surface area contributed by atoms with Crippen LogP contribution in [0.5, 0.6) is 0 Å². The first-order chi connectivity index (χ1) is 17.2. The van der Waals surface area contributed by atoms with Crippen LogP contribution >= 0.6 is 0 Å². The van der Waals surface area contributed by atoms with Gasteiger partial charge < -0.3 is 19.1 Å². The van der Waals surface area contributed by atoms with Gasteiger partial charge in [0.15, 0.2) is 0 Å². The topological polar surface area (TPSA) is 73.8 Å². The summed E-state index contributed by atoms with van der Waals surface area (Å²) in [5, 5.41) is 0. The lowest BCUT2D eigenvalue weighted by atomic mass is 9.91. The molecule has 1 aromatic carbocycles. The van der Waals surface area contributed by atoms with Gasteiger partial charge in [0.2, 0.25) is 5.95 Å². The zero-order chi connectivity index (χ0) is 25.7. The molecule has 0 radical (unpaired) electrons. The summed E-state index contributed by atoms with van der Waals surface area (Å²) in [6.45, 7) is 8.83. The Bertz CT molecular complexity index is 1020. The zero-order valence-corrected chi connectivity index (χ0v) is 21.8. The van der Waals surface area contributed by atoms with Gasteiger partial charge in [-0.2, -0.15) is 0 Å². The molecule has 1 saturated heterocycles. The molecule has 196 valence electrons. The highest BCUT2D eigenvalue weighted by atomic mass is 19.1. The lowest BCUT2D eigenvalue weighted by molar-refractivity contribution is -0.153. The fourth-order valence-corrected chi connectivity index (χ4v) is 5.00. The van der Waals surface area contributed by atoms with Gasteiger partial charge in [0.25, 0.3) is 0 Å². The minimum absolute atomic E-state index is 0.0587. The average Bonchev–Trinajstić information content (AvgIpc) is 3.60. The van der Waals surface area contributed by atoms with Crippen LogP contribution < -0.4 is 4.90 Å². The minimum atomic E-state index is -0.550. The second-order valence-electron chi connectivity index (χ2n) is 11.0. The first kappa shape index (κ1) is 26.5. The van der Waals surface area contributed by atoms with Crippen LogP contribution in [0.4, 0.5) is 10.3 Å².